The molecule has 0 amide bonds. The summed E-state index contributed by atoms with van der Waals surface area (Å²) in [6.07, 6.45) is -1.87. The molecule has 2 unspecified atom stereocenters. The third-order valence-corrected chi connectivity index (χ3v) is 3.54. The first-order valence-electron chi connectivity index (χ1n) is 7.51. The summed E-state index contributed by atoms with van der Waals surface area (Å²) < 4.78 is 11.1. The Morgan fingerprint density at radius 1 is 1.04 bits per heavy atom. The molecule has 0 aliphatic rings. The Labute approximate surface area is 136 Å². The van der Waals surface area contributed by atoms with Crippen LogP contribution < -0.4 is 14.8 Å². The van der Waals surface area contributed by atoms with Crippen LogP contribution >= 0.6 is 0 Å². The van der Waals surface area contributed by atoms with Crippen molar-refractivity contribution in [1.82, 2.24) is 5.32 Å². The van der Waals surface area contributed by atoms with Crippen LogP contribution in [-0.2, 0) is 6.61 Å². The van der Waals surface area contributed by atoms with Crippen LogP contribution in [-0.4, -0.2) is 37.0 Å². The standard InChI is InChI=1S/C18H23NO4/c1-19-11-15(20)18(21)14-8-9-16(17(10-14)22-2)23-12-13-6-4-3-5-7-13/h3-10,15,18-21H,11-12H2,1-2H3. The summed E-state index contributed by atoms with van der Waals surface area (Å²) in [5.74, 6) is 1.12. The number of benzene rings is 2. The molecule has 2 aromatic carbocycles. The molecular formula is C18H23NO4. The minimum absolute atomic E-state index is 0.301. The molecule has 0 bridgehead atoms. The van der Waals surface area contributed by atoms with Crippen molar-refractivity contribution in [3.05, 3.63) is 59.7 Å². The second kappa shape index (κ2) is 8.53. The SMILES string of the molecule is CNCC(O)C(O)c1ccc(OCc2ccccc2)c(OC)c1. The Bertz CT molecular complexity index is 603. The number of aliphatic hydroxyl groups excluding tert-OH is 2. The van der Waals surface area contributed by atoms with Crippen LogP contribution in [0, 0.1) is 0 Å². The number of aliphatic hydroxyl groups is 2. The predicted molar refractivity (Wildman–Crippen MR) is 88.7 cm³/mol. The van der Waals surface area contributed by atoms with E-state index in [1.165, 1.54) is 0 Å². The van der Waals surface area contributed by atoms with Crippen LogP contribution in [0.2, 0.25) is 0 Å². The molecular weight excluding hydrogens is 294 g/mol. The highest BCUT2D eigenvalue weighted by Gasteiger charge is 2.19. The quantitative estimate of drug-likeness (QED) is 0.693. The molecule has 0 saturated carbocycles. The molecule has 5 heteroatoms. The average Bonchev–Trinajstić information content (AvgIpc) is 2.60. The van der Waals surface area contributed by atoms with Gasteiger partial charge >= 0.3 is 0 Å². The van der Waals surface area contributed by atoms with E-state index >= 15 is 0 Å². The molecule has 2 atom stereocenters. The Balaban J connectivity index is 2.10. The van der Waals surface area contributed by atoms with E-state index in [9.17, 15) is 10.2 Å². The van der Waals surface area contributed by atoms with E-state index in [4.69, 9.17) is 9.47 Å². The lowest BCUT2D eigenvalue weighted by Crippen LogP contribution is -2.29. The average molecular weight is 317 g/mol. The van der Waals surface area contributed by atoms with Crippen molar-refractivity contribution in [3.8, 4) is 11.5 Å². The first kappa shape index (κ1) is 17.3. The molecule has 0 heterocycles. The molecule has 0 aromatic heterocycles. The molecule has 2 aromatic rings. The summed E-state index contributed by atoms with van der Waals surface area (Å²) in [6.45, 7) is 0.733. The van der Waals surface area contributed by atoms with Crippen molar-refractivity contribution in [2.24, 2.45) is 0 Å². The molecule has 3 N–H and O–H groups in total. The summed E-state index contributed by atoms with van der Waals surface area (Å²) in [5.41, 5.74) is 1.64. The number of hydrogen-bond donors (Lipinski definition) is 3. The molecule has 0 fully saturated rings. The van der Waals surface area contributed by atoms with Crippen LogP contribution in [0.25, 0.3) is 0 Å². The Kier molecular flexibility index (Phi) is 6.40. The van der Waals surface area contributed by atoms with Gasteiger partial charge in [-0.25, -0.2) is 0 Å². The van der Waals surface area contributed by atoms with Crippen molar-refractivity contribution >= 4 is 0 Å². The smallest absolute Gasteiger partial charge is 0.161 e. The van der Waals surface area contributed by atoms with E-state index in [0.29, 0.717) is 30.2 Å². The molecule has 0 saturated heterocycles. The van der Waals surface area contributed by atoms with E-state index in [-0.39, 0.29) is 0 Å². The van der Waals surface area contributed by atoms with Crippen LogP contribution in [0.3, 0.4) is 0 Å². The Hall–Kier alpha value is -2.08. The van der Waals surface area contributed by atoms with Gasteiger partial charge in [-0.05, 0) is 30.3 Å². The lowest BCUT2D eigenvalue weighted by Gasteiger charge is -2.19. The van der Waals surface area contributed by atoms with Gasteiger partial charge in [0, 0.05) is 6.54 Å². The van der Waals surface area contributed by atoms with Gasteiger partial charge in [0.25, 0.3) is 0 Å². The first-order chi connectivity index (χ1) is 11.2. The molecule has 0 radical (unpaired) electrons. The van der Waals surface area contributed by atoms with Crippen molar-refractivity contribution in [2.75, 3.05) is 20.7 Å². The van der Waals surface area contributed by atoms with E-state index in [0.717, 1.165) is 5.56 Å². The minimum Gasteiger partial charge on any atom is -0.493 e. The zero-order valence-corrected chi connectivity index (χ0v) is 13.4. The monoisotopic (exact) mass is 317 g/mol. The van der Waals surface area contributed by atoms with Crippen LogP contribution in [0.1, 0.15) is 17.2 Å². The zero-order chi connectivity index (χ0) is 16.7. The van der Waals surface area contributed by atoms with E-state index in [1.807, 2.05) is 30.3 Å². The van der Waals surface area contributed by atoms with Gasteiger partial charge in [0.2, 0.25) is 0 Å². The van der Waals surface area contributed by atoms with E-state index < -0.39 is 12.2 Å². The molecule has 0 aliphatic heterocycles. The van der Waals surface area contributed by atoms with Crippen molar-refractivity contribution in [3.63, 3.8) is 0 Å². The summed E-state index contributed by atoms with van der Waals surface area (Å²) in [4.78, 5) is 0. The molecule has 124 valence electrons. The number of likely N-dealkylation sites (N-methyl/N-ethyl adjacent to an activating group) is 1. The maximum atomic E-state index is 10.2. The second-order valence-electron chi connectivity index (χ2n) is 5.25. The van der Waals surface area contributed by atoms with Crippen molar-refractivity contribution < 1.29 is 19.7 Å². The second-order valence-corrected chi connectivity index (χ2v) is 5.25. The maximum absolute atomic E-state index is 10.2. The molecule has 0 aliphatic carbocycles. The van der Waals surface area contributed by atoms with E-state index in [1.54, 1.807) is 32.4 Å². The van der Waals surface area contributed by atoms with E-state index in [2.05, 4.69) is 5.32 Å². The topological polar surface area (TPSA) is 71.0 Å². The third-order valence-electron chi connectivity index (χ3n) is 3.54. The number of rotatable bonds is 8. The minimum atomic E-state index is -0.987. The number of hydrogen-bond acceptors (Lipinski definition) is 5. The van der Waals surface area contributed by atoms with Gasteiger partial charge in [-0.15, -0.1) is 0 Å². The van der Waals surface area contributed by atoms with Crippen molar-refractivity contribution in [2.45, 2.75) is 18.8 Å². The molecule has 23 heavy (non-hydrogen) atoms. The van der Waals surface area contributed by atoms with Gasteiger partial charge in [-0.1, -0.05) is 36.4 Å². The predicted octanol–water partition coefficient (Wildman–Crippen LogP) is 1.89. The van der Waals surface area contributed by atoms with Gasteiger partial charge in [0.05, 0.1) is 13.2 Å². The number of nitrogens with one attached hydrogen (secondary N) is 1. The van der Waals surface area contributed by atoms with Crippen molar-refractivity contribution in [1.29, 1.82) is 0 Å². The normalized spacial score (nSPS) is 13.4. The summed E-state index contributed by atoms with van der Waals surface area (Å²) in [7, 11) is 3.27. The number of methoxy groups -OCH3 is 1. The van der Waals surface area contributed by atoms with Crippen LogP contribution in [0.5, 0.6) is 11.5 Å². The summed E-state index contributed by atoms with van der Waals surface area (Å²) >= 11 is 0. The lowest BCUT2D eigenvalue weighted by atomic mass is 10.0. The Morgan fingerprint density at radius 2 is 1.78 bits per heavy atom. The summed E-state index contributed by atoms with van der Waals surface area (Å²) in [5, 5.41) is 22.9. The van der Waals surface area contributed by atoms with Gasteiger partial charge < -0.3 is 25.0 Å². The van der Waals surface area contributed by atoms with Gasteiger partial charge in [0.1, 0.15) is 12.7 Å². The Morgan fingerprint density at radius 3 is 2.43 bits per heavy atom. The molecule has 5 nitrogen and oxygen atoms in total. The molecule has 2 rings (SSSR count). The lowest BCUT2D eigenvalue weighted by molar-refractivity contribution is 0.0201. The highest BCUT2D eigenvalue weighted by Crippen LogP contribution is 2.31. The highest BCUT2D eigenvalue weighted by molar-refractivity contribution is 5.44. The largest absolute Gasteiger partial charge is 0.493 e. The highest BCUT2D eigenvalue weighted by atomic mass is 16.5. The van der Waals surface area contributed by atoms with Gasteiger partial charge in [-0.3, -0.25) is 0 Å². The van der Waals surface area contributed by atoms with Gasteiger partial charge in [0.15, 0.2) is 11.5 Å². The van der Waals surface area contributed by atoms with Gasteiger partial charge in [-0.2, -0.15) is 0 Å². The van der Waals surface area contributed by atoms with Crippen LogP contribution in [0.15, 0.2) is 48.5 Å². The summed E-state index contributed by atoms with van der Waals surface area (Å²) in [6, 6.07) is 15.0. The fourth-order valence-corrected chi connectivity index (χ4v) is 2.27. The molecule has 0 spiro atoms. The maximum Gasteiger partial charge on any atom is 0.161 e. The zero-order valence-electron chi connectivity index (χ0n) is 13.4. The fraction of sp³-hybridized carbons (Fsp3) is 0.333. The first-order valence-corrected chi connectivity index (χ1v) is 7.51. The van der Waals surface area contributed by atoms with Crippen LogP contribution in [0.4, 0.5) is 0 Å². The third kappa shape index (κ3) is 4.69. The number of ether oxygens (including phenoxy) is 2. The fourth-order valence-electron chi connectivity index (χ4n) is 2.27.